The molecule has 0 saturated carbocycles. The van der Waals surface area contributed by atoms with E-state index < -0.39 is 0 Å². The molecule has 190 valence electrons. The van der Waals surface area contributed by atoms with Crippen LogP contribution in [0.5, 0.6) is 0 Å². The van der Waals surface area contributed by atoms with Gasteiger partial charge in [-0.1, -0.05) is 104 Å². The molecule has 0 aromatic heterocycles. The molecule has 0 aliphatic carbocycles. The van der Waals surface area contributed by atoms with Crippen LogP contribution in [0.15, 0.2) is 0 Å². The maximum absolute atomic E-state index is 11.8. The largest absolute Gasteiger partial charge is 0.290 e. The average molecular weight is 561 g/mol. The molecule has 0 heterocycles. The van der Waals surface area contributed by atoms with Crippen molar-refractivity contribution in [2.45, 2.75) is 129 Å². The van der Waals surface area contributed by atoms with E-state index in [2.05, 4.69) is 23.3 Å². The predicted octanol–water partition coefficient (Wildman–Crippen LogP) is 10.1. The van der Waals surface area contributed by atoms with Crippen LogP contribution in [0.25, 0.3) is 0 Å². The molecule has 10 heteroatoms. The van der Waals surface area contributed by atoms with Crippen LogP contribution in [0.1, 0.15) is 129 Å². The number of nitrogens with one attached hydrogen (secondary N) is 2. The third-order valence-corrected chi connectivity index (χ3v) is 14.5. The molecular weight excluding hydrogens is 517 g/mol. The third-order valence-electron chi connectivity index (χ3n) is 4.98. The van der Waals surface area contributed by atoms with Crippen molar-refractivity contribution >= 4 is 73.1 Å². The van der Waals surface area contributed by atoms with Crippen molar-refractivity contribution in [2.24, 2.45) is 0 Å². The fraction of sp³-hybridized carbons (Fsp3) is 0.909. The minimum atomic E-state index is 0.120. The number of carbonyl (C=O) groups excluding carboxylic acids is 2. The first kappa shape index (κ1) is 33.0. The topological polar surface area (TPSA) is 58.2 Å². The zero-order valence-electron chi connectivity index (χ0n) is 20.0. The predicted molar refractivity (Wildman–Crippen MR) is 156 cm³/mol. The average Bonchev–Trinajstić information content (AvgIpc) is 2.79. The minimum absolute atomic E-state index is 0.120. The van der Waals surface area contributed by atoms with Crippen LogP contribution in [0.3, 0.4) is 0 Å². The van der Waals surface area contributed by atoms with Gasteiger partial charge in [-0.2, -0.15) is 0 Å². The van der Waals surface area contributed by atoms with Crippen LogP contribution >= 0.6 is 61.3 Å². The Morgan fingerprint density at radius 3 is 1.12 bits per heavy atom. The third kappa shape index (κ3) is 27.3. The van der Waals surface area contributed by atoms with Gasteiger partial charge in [-0.25, -0.2) is 0 Å². The van der Waals surface area contributed by atoms with E-state index in [1.165, 1.54) is 119 Å². The second-order valence-corrected chi connectivity index (χ2v) is 16.8. The van der Waals surface area contributed by atoms with Gasteiger partial charge in [0.1, 0.15) is 0 Å². The van der Waals surface area contributed by atoms with E-state index in [4.69, 9.17) is 0 Å². The molecule has 0 bridgehead atoms. The summed E-state index contributed by atoms with van der Waals surface area (Å²) in [6.45, 7) is 4.48. The Bertz CT molecular complexity index is 395. The zero-order valence-corrected chi connectivity index (χ0v) is 24.9. The van der Waals surface area contributed by atoms with E-state index in [9.17, 15) is 9.59 Å². The lowest BCUT2D eigenvalue weighted by molar-refractivity contribution is -0.120. The van der Waals surface area contributed by atoms with Gasteiger partial charge in [0.25, 0.3) is 0 Å². The van der Waals surface area contributed by atoms with Crippen molar-refractivity contribution < 1.29 is 9.59 Å². The van der Waals surface area contributed by atoms with Gasteiger partial charge < -0.3 is 0 Å². The first-order chi connectivity index (χ1) is 15.7. The molecule has 0 spiro atoms. The highest BCUT2D eigenvalue weighted by Gasteiger charge is 2.04. The lowest BCUT2D eigenvalue weighted by atomic mass is 10.1. The van der Waals surface area contributed by atoms with E-state index in [1.54, 1.807) is 19.7 Å². The molecule has 0 rings (SSSR count). The van der Waals surface area contributed by atoms with E-state index >= 15 is 0 Å². The molecule has 32 heavy (non-hydrogen) atoms. The first-order valence-corrected chi connectivity index (χ1v) is 19.8. The summed E-state index contributed by atoms with van der Waals surface area (Å²) in [5.41, 5.74) is 0. The molecule has 0 saturated heterocycles. The normalized spacial score (nSPS) is 10.9. The summed E-state index contributed by atoms with van der Waals surface area (Å²) >= 11 is 0. The summed E-state index contributed by atoms with van der Waals surface area (Å²) in [6.07, 6.45) is 21.3. The SMILES string of the molecule is CCCCCCCCCCC(=O)NSSSSSSNC(=O)CCCCCCCCCC. The molecule has 0 radical (unpaired) electrons. The van der Waals surface area contributed by atoms with Crippen molar-refractivity contribution in [3.8, 4) is 0 Å². The molecule has 2 N–H and O–H groups in total. The number of amides is 2. The number of hydrogen-bond acceptors (Lipinski definition) is 8. The Morgan fingerprint density at radius 1 is 0.469 bits per heavy atom. The summed E-state index contributed by atoms with van der Waals surface area (Å²) in [4.78, 5) is 23.6. The Balaban J connectivity index is 3.25. The van der Waals surface area contributed by atoms with Crippen molar-refractivity contribution in [1.82, 2.24) is 9.44 Å². The molecule has 0 fully saturated rings. The molecular formula is C22H44N2O2S6. The maximum Gasteiger partial charge on any atom is 0.230 e. The number of rotatable bonds is 25. The number of carbonyl (C=O) groups is 2. The lowest BCUT2D eigenvalue weighted by Gasteiger charge is -2.04. The maximum atomic E-state index is 11.8. The summed E-state index contributed by atoms with van der Waals surface area (Å²) in [6, 6.07) is 0. The quantitative estimate of drug-likeness (QED) is 0.0649. The fourth-order valence-corrected chi connectivity index (χ4v) is 12.7. The van der Waals surface area contributed by atoms with E-state index in [1.807, 2.05) is 0 Å². The second kappa shape index (κ2) is 28.3. The van der Waals surface area contributed by atoms with Crippen LogP contribution in [0, 0.1) is 0 Å². The monoisotopic (exact) mass is 560 g/mol. The summed E-state index contributed by atoms with van der Waals surface area (Å²) < 4.78 is 5.76. The van der Waals surface area contributed by atoms with Crippen molar-refractivity contribution in [1.29, 1.82) is 0 Å². The lowest BCUT2D eigenvalue weighted by Crippen LogP contribution is -2.13. The highest BCUT2D eigenvalue weighted by atomic mass is 33.9. The Labute approximate surface area is 220 Å². The molecule has 0 aliphatic heterocycles. The van der Waals surface area contributed by atoms with Crippen LogP contribution in [-0.2, 0) is 9.59 Å². The molecule has 0 aliphatic rings. The summed E-state index contributed by atoms with van der Waals surface area (Å²) in [7, 11) is 9.01. The van der Waals surface area contributed by atoms with Crippen LogP contribution < -0.4 is 9.44 Å². The summed E-state index contributed by atoms with van der Waals surface area (Å²) in [5.74, 6) is 0.240. The summed E-state index contributed by atoms with van der Waals surface area (Å²) in [5, 5.41) is 0. The van der Waals surface area contributed by atoms with Crippen molar-refractivity contribution in [2.75, 3.05) is 0 Å². The van der Waals surface area contributed by atoms with Crippen molar-refractivity contribution in [3.63, 3.8) is 0 Å². The van der Waals surface area contributed by atoms with Gasteiger partial charge in [-0.15, -0.1) is 0 Å². The highest BCUT2D eigenvalue weighted by molar-refractivity contribution is 9.41. The number of unbranched alkanes of at least 4 members (excludes halogenated alkanes) is 14. The van der Waals surface area contributed by atoms with Gasteiger partial charge in [0.15, 0.2) is 0 Å². The first-order valence-electron chi connectivity index (χ1n) is 12.3. The van der Waals surface area contributed by atoms with E-state index in [0.29, 0.717) is 12.8 Å². The van der Waals surface area contributed by atoms with Gasteiger partial charge in [0.2, 0.25) is 11.8 Å². The number of hydrogen-bond donors (Lipinski definition) is 2. The van der Waals surface area contributed by atoms with Gasteiger partial charge in [-0.3, -0.25) is 19.0 Å². The van der Waals surface area contributed by atoms with E-state index in [0.717, 1.165) is 25.7 Å². The Morgan fingerprint density at radius 2 is 0.781 bits per heavy atom. The van der Waals surface area contributed by atoms with Gasteiger partial charge in [0.05, 0.1) is 0 Å². The van der Waals surface area contributed by atoms with Crippen LogP contribution in [0.4, 0.5) is 0 Å². The molecule has 0 aromatic rings. The highest BCUT2D eigenvalue weighted by Crippen LogP contribution is 2.50. The Hall–Kier alpha value is 1.04. The molecule has 4 nitrogen and oxygen atoms in total. The molecule has 0 atom stereocenters. The van der Waals surface area contributed by atoms with E-state index in [-0.39, 0.29) is 11.8 Å². The van der Waals surface area contributed by atoms with Gasteiger partial charge >= 0.3 is 0 Å². The van der Waals surface area contributed by atoms with Crippen molar-refractivity contribution in [3.05, 3.63) is 0 Å². The zero-order chi connectivity index (χ0) is 23.5. The Kier molecular flexibility index (Phi) is 29.2. The molecule has 0 unspecified atom stereocenters. The smallest absolute Gasteiger partial charge is 0.230 e. The van der Waals surface area contributed by atoms with Gasteiger partial charge in [-0.05, 0) is 12.8 Å². The second-order valence-electron chi connectivity index (χ2n) is 7.94. The van der Waals surface area contributed by atoms with Gasteiger partial charge in [0, 0.05) is 74.1 Å². The van der Waals surface area contributed by atoms with Crippen LogP contribution in [0.2, 0.25) is 0 Å². The standard InChI is InChI=1S/C22H44N2O2S6/c1-3-5-7-9-11-13-15-17-19-21(25)23-27-29-31-32-30-28-24-22(26)20-18-16-14-12-10-8-6-4-2/h3-20H2,1-2H3,(H,23,25)(H,24,26). The molecule has 0 aromatic carbocycles. The van der Waals surface area contributed by atoms with Crippen LogP contribution in [-0.4, -0.2) is 11.8 Å². The fourth-order valence-electron chi connectivity index (χ4n) is 3.12. The molecule has 2 amide bonds. The minimum Gasteiger partial charge on any atom is -0.290 e.